The van der Waals surface area contributed by atoms with Gasteiger partial charge in [-0.05, 0) is 11.5 Å². The summed E-state index contributed by atoms with van der Waals surface area (Å²) in [6.07, 6.45) is 0. The molecule has 0 spiro atoms. The number of nitrogens with one attached hydrogen (secondary N) is 1. The zero-order valence-corrected chi connectivity index (χ0v) is 11.2. The number of anilines is 2. The number of nitrogen functional groups attached to an aromatic ring is 1. The minimum atomic E-state index is -0.496. The molecule has 1 aromatic heterocycles. The van der Waals surface area contributed by atoms with Crippen molar-refractivity contribution in [2.45, 2.75) is 0 Å². The summed E-state index contributed by atoms with van der Waals surface area (Å²) >= 11 is 1.12. The molecule has 0 radical (unpaired) electrons. The van der Waals surface area contributed by atoms with Crippen molar-refractivity contribution in [2.24, 2.45) is 0 Å². The molecule has 1 rings (SSSR count). The first-order valence-electron chi connectivity index (χ1n) is 5.34. The van der Waals surface area contributed by atoms with E-state index >= 15 is 0 Å². The van der Waals surface area contributed by atoms with Crippen LogP contribution in [0.2, 0.25) is 0 Å². The smallest absolute Gasteiger partial charge is 0.344 e. The van der Waals surface area contributed by atoms with E-state index in [2.05, 4.69) is 14.4 Å². The summed E-state index contributed by atoms with van der Waals surface area (Å²) in [5.74, 6) is -0.321. The Labute approximate surface area is 109 Å². The SMILES string of the molecule is COCCOCCNc1snc(N)c1C(=O)OC. The number of hydrogen-bond acceptors (Lipinski definition) is 8. The highest BCUT2D eigenvalue weighted by Gasteiger charge is 2.19. The highest BCUT2D eigenvalue weighted by Crippen LogP contribution is 2.26. The topological polar surface area (TPSA) is 95.7 Å². The normalized spacial score (nSPS) is 10.3. The molecule has 0 saturated heterocycles. The number of ether oxygens (including phenoxy) is 3. The molecule has 0 unspecified atom stereocenters. The van der Waals surface area contributed by atoms with E-state index in [1.807, 2.05) is 0 Å². The molecule has 0 fully saturated rings. The number of nitrogens with zero attached hydrogens (tertiary/aromatic N) is 1. The summed E-state index contributed by atoms with van der Waals surface area (Å²) in [5.41, 5.74) is 5.88. The molecule has 0 aromatic carbocycles. The van der Waals surface area contributed by atoms with Crippen molar-refractivity contribution in [3.05, 3.63) is 5.56 Å². The van der Waals surface area contributed by atoms with Crippen LogP contribution in [0, 0.1) is 0 Å². The maximum Gasteiger partial charge on any atom is 0.344 e. The molecule has 0 aliphatic rings. The van der Waals surface area contributed by atoms with Crippen LogP contribution in [0.15, 0.2) is 0 Å². The summed E-state index contributed by atoms with van der Waals surface area (Å²) in [4.78, 5) is 11.5. The molecule has 0 bridgehead atoms. The number of carbonyl (C=O) groups is 1. The van der Waals surface area contributed by atoms with E-state index < -0.39 is 5.97 Å². The molecule has 18 heavy (non-hydrogen) atoms. The molecule has 0 saturated carbocycles. The van der Waals surface area contributed by atoms with Crippen LogP contribution in [-0.2, 0) is 14.2 Å². The van der Waals surface area contributed by atoms with Crippen molar-refractivity contribution in [2.75, 3.05) is 51.6 Å². The first-order valence-corrected chi connectivity index (χ1v) is 6.12. The van der Waals surface area contributed by atoms with Gasteiger partial charge in [-0.25, -0.2) is 4.79 Å². The average molecular weight is 275 g/mol. The quantitative estimate of drug-likeness (QED) is 0.529. The number of esters is 1. The van der Waals surface area contributed by atoms with Gasteiger partial charge in [-0.1, -0.05) is 0 Å². The molecular formula is C10H17N3O4S. The molecular weight excluding hydrogens is 258 g/mol. The summed E-state index contributed by atoms with van der Waals surface area (Å²) in [7, 11) is 2.92. The Kier molecular flexibility index (Phi) is 6.40. The van der Waals surface area contributed by atoms with Crippen molar-refractivity contribution in [1.82, 2.24) is 4.37 Å². The predicted molar refractivity (Wildman–Crippen MR) is 69.1 cm³/mol. The van der Waals surface area contributed by atoms with Crippen LogP contribution in [0.25, 0.3) is 0 Å². The van der Waals surface area contributed by atoms with Crippen LogP contribution >= 0.6 is 11.5 Å². The van der Waals surface area contributed by atoms with Crippen LogP contribution in [0.5, 0.6) is 0 Å². The molecule has 102 valence electrons. The van der Waals surface area contributed by atoms with Gasteiger partial charge < -0.3 is 25.3 Å². The lowest BCUT2D eigenvalue weighted by atomic mass is 10.3. The van der Waals surface area contributed by atoms with Crippen molar-refractivity contribution in [1.29, 1.82) is 0 Å². The largest absolute Gasteiger partial charge is 0.465 e. The Morgan fingerprint density at radius 2 is 2.17 bits per heavy atom. The summed E-state index contributed by atoms with van der Waals surface area (Å²) in [6, 6.07) is 0. The maximum absolute atomic E-state index is 11.5. The second kappa shape index (κ2) is 7.85. The van der Waals surface area contributed by atoms with Gasteiger partial charge in [0.05, 0.1) is 26.9 Å². The van der Waals surface area contributed by atoms with Crippen LogP contribution < -0.4 is 11.1 Å². The molecule has 0 aliphatic carbocycles. The van der Waals surface area contributed by atoms with E-state index in [0.717, 1.165) is 11.5 Å². The van der Waals surface area contributed by atoms with Gasteiger partial charge in [0.2, 0.25) is 0 Å². The molecule has 0 amide bonds. The first-order chi connectivity index (χ1) is 8.70. The van der Waals surface area contributed by atoms with Crippen molar-refractivity contribution in [3.8, 4) is 0 Å². The van der Waals surface area contributed by atoms with Crippen molar-refractivity contribution < 1.29 is 19.0 Å². The number of methoxy groups -OCH3 is 2. The molecule has 3 N–H and O–H groups in total. The fourth-order valence-corrected chi connectivity index (χ4v) is 1.93. The lowest BCUT2D eigenvalue weighted by Crippen LogP contribution is -2.13. The Hall–Kier alpha value is -1.38. The number of aromatic nitrogens is 1. The van der Waals surface area contributed by atoms with Crippen LogP contribution in [0.1, 0.15) is 10.4 Å². The fourth-order valence-electron chi connectivity index (χ4n) is 1.20. The van der Waals surface area contributed by atoms with Gasteiger partial charge in [0.25, 0.3) is 0 Å². The minimum Gasteiger partial charge on any atom is -0.465 e. The predicted octanol–water partition coefficient (Wildman–Crippen LogP) is 0.587. The summed E-state index contributed by atoms with van der Waals surface area (Å²) in [6.45, 7) is 2.14. The third-order valence-corrected chi connectivity index (χ3v) is 2.89. The standard InChI is InChI=1S/C10H17N3O4S/c1-15-5-6-17-4-3-12-9-7(10(14)16-2)8(11)13-18-9/h12H,3-6H2,1-2H3,(H2,11,13). The van der Waals surface area contributed by atoms with Gasteiger partial charge in [0.15, 0.2) is 5.82 Å². The Bertz CT molecular complexity index is 383. The van der Waals surface area contributed by atoms with Gasteiger partial charge in [-0.2, -0.15) is 4.37 Å². The zero-order valence-electron chi connectivity index (χ0n) is 10.4. The third kappa shape index (κ3) is 4.13. The number of carbonyl (C=O) groups excluding carboxylic acids is 1. The average Bonchev–Trinajstić information content (AvgIpc) is 2.74. The minimum absolute atomic E-state index is 0.176. The van der Waals surface area contributed by atoms with E-state index in [9.17, 15) is 4.79 Å². The summed E-state index contributed by atoms with van der Waals surface area (Å²) < 4.78 is 18.7. The molecule has 1 heterocycles. The molecule has 8 heteroatoms. The molecule has 1 aromatic rings. The van der Waals surface area contributed by atoms with Crippen molar-refractivity contribution >= 4 is 28.3 Å². The van der Waals surface area contributed by atoms with E-state index in [-0.39, 0.29) is 11.4 Å². The van der Waals surface area contributed by atoms with Crippen LogP contribution in [0.4, 0.5) is 10.8 Å². The number of hydrogen-bond donors (Lipinski definition) is 2. The van der Waals surface area contributed by atoms with E-state index in [0.29, 0.717) is 31.4 Å². The van der Waals surface area contributed by atoms with Gasteiger partial charge in [-0.15, -0.1) is 0 Å². The van der Waals surface area contributed by atoms with Crippen molar-refractivity contribution in [3.63, 3.8) is 0 Å². The van der Waals surface area contributed by atoms with Gasteiger partial charge in [0.1, 0.15) is 10.6 Å². The second-order valence-electron chi connectivity index (χ2n) is 3.30. The fraction of sp³-hybridized carbons (Fsp3) is 0.600. The van der Waals surface area contributed by atoms with E-state index in [1.165, 1.54) is 7.11 Å². The van der Waals surface area contributed by atoms with E-state index in [1.54, 1.807) is 7.11 Å². The Morgan fingerprint density at radius 3 is 2.83 bits per heavy atom. The number of rotatable bonds is 8. The maximum atomic E-state index is 11.5. The van der Waals surface area contributed by atoms with E-state index in [4.69, 9.17) is 15.2 Å². The first kappa shape index (κ1) is 14.7. The Balaban J connectivity index is 2.40. The van der Waals surface area contributed by atoms with Crippen LogP contribution in [-0.4, -0.2) is 50.9 Å². The Morgan fingerprint density at radius 1 is 1.39 bits per heavy atom. The zero-order chi connectivity index (χ0) is 13.4. The lowest BCUT2D eigenvalue weighted by molar-refractivity contribution is 0.0603. The highest BCUT2D eigenvalue weighted by molar-refractivity contribution is 7.11. The third-order valence-electron chi connectivity index (χ3n) is 2.07. The van der Waals surface area contributed by atoms with Gasteiger partial charge >= 0.3 is 5.97 Å². The molecule has 0 aliphatic heterocycles. The lowest BCUT2D eigenvalue weighted by Gasteiger charge is -2.06. The summed E-state index contributed by atoms with van der Waals surface area (Å²) in [5, 5.41) is 3.63. The highest BCUT2D eigenvalue weighted by atomic mass is 32.1. The van der Waals surface area contributed by atoms with Gasteiger partial charge in [-0.3, -0.25) is 0 Å². The molecule has 0 atom stereocenters. The monoisotopic (exact) mass is 275 g/mol. The second-order valence-corrected chi connectivity index (χ2v) is 4.07. The van der Waals surface area contributed by atoms with Crippen LogP contribution in [0.3, 0.4) is 0 Å². The van der Waals surface area contributed by atoms with Gasteiger partial charge in [0, 0.05) is 13.7 Å². The number of nitrogens with two attached hydrogens (primary N) is 1. The molecule has 7 nitrogen and oxygen atoms in total.